The van der Waals surface area contributed by atoms with Gasteiger partial charge in [0.2, 0.25) is 35.4 Å². The van der Waals surface area contributed by atoms with Crippen molar-refractivity contribution in [3.05, 3.63) is 90.1 Å². The van der Waals surface area contributed by atoms with Crippen molar-refractivity contribution in [1.82, 2.24) is 45.6 Å². The number of aliphatic hydroxyl groups excluding tert-OH is 1. The predicted octanol–water partition coefficient (Wildman–Crippen LogP) is -0.249. The molecule has 0 bridgehead atoms. The third kappa shape index (κ3) is 10.2. The van der Waals surface area contributed by atoms with Crippen molar-refractivity contribution in [2.75, 3.05) is 26.2 Å². The third-order valence-corrected chi connectivity index (χ3v) is 12.2. The molecule has 0 saturated carbocycles. The molecule has 4 aromatic rings. The Hall–Kier alpha value is -6.60. The van der Waals surface area contributed by atoms with E-state index in [-0.39, 0.29) is 32.4 Å². The first-order valence-electron chi connectivity index (χ1n) is 21.4. The van der Waals surface area contributed by atoms with Crippen LogP contribution in [0, 0.1) is 0 Å². The van der Waals surface area contributed by atoms with Crippen molar-refractivity contribution in [3.63, 3.8) is 0 Å². The number of hydrogen-bond donors (Lipinski definition) is 8. The highest BCUT2D eigenvalue weighted by molar-refractivity contribution is 5.98. The average molecular weight is 867 g/mol. The summed E-state index contributed by atoms with van der Waals surface area (Å²) in [5.74, 6) is -4.79. The van der Waals surface area contributed by atoms with Crippen LogP contribution in [0.4, 0.5) is 0 Å². The normalized spacial score (nSPS) is 20.5. The lowest BCUT2D eigenvalue weighted by molar-refractivity contribution is -0.153. The number of imidazole rings is 1. The molecule has 3 saturated heterocycles. The molecule has 3 aliphatic rings. The maximum absolute atomic E-state index is 14.5. The first-order chi connectivity index (χ1) is 30.4. The number of rotatable bonds is 17. The van der Waals surface area contributed by atoms with Crippen LogP contribution in [0.1, 0.15) is 55.3 Å². The van der Waals surface area contributed by atoms with E-state index >= 15 is 0 Å². The van der Waals surface area contributed by atoms with Gasteiger partial charge in [0.1, 0.15) is 36.3 Å². The van der Waals surface area contributed by atoms with Crippen molar-refractivity contribution < 1.29 is 43.8 Å². The monoisotopic (exact) mass is 866 g/mol. The van der Waals surface area contributed by atoms with Crippen LogP contribution < -0.4 is 21.7 Å². The number of nitrogens with zero attached hydrogens (tertiary/aromatic N) is 4. The van der Waals surface area contributed by atoms with Gasteiger partial charge in [0.05, 0.1) is 19.0 Å². The second-order valence-electron chi connectivity index (χ2n) is 16.4. The van der Waals surface area contributed by atoms with Gasteiger partial charge >= 0.3 is 5.97 Å². The SMILES string of the molecule is NC(Cc1c[nH]c2ccccc12)C(=O)NC(Cc1cnc[nH]1)C(=O)NC(CO)C(=O)NC(Cc1ccccc1)C(=O)N1CCCC1C(=O)N1CCCC1C(=O)N1CCCC1C(=O)O. The van der Waals surface area contributed by atoms with Crippen molar-refractivity contribution in [2.45, 2.75) is 100 Å². The molecule has 0 spiro atoms. The Bertz CT molecular complexity index is 2280. The summed E-state index contributed by atoms with van der Waals surface area (Å²) in [6, 6.07) is 8.65. The van der Waals surface area contributed by atoms with Gasteiger partial charge in [0.15, 0.2) is 0 Å². The van der Waals surface area contributed by atoms with Crippen LogP contribution in [0.15, 0.2) is 73.3 Å². The minimum Gasteiger partial charge on any atom is -0.480 e. The van der Waals surface area contributed by atoms with E-state index in [1.807, 2.05) is 24.3 Å². The third-order valence-electron chi connectivity index (χ3n) is 12.2. The fourth-order valence-corrected chi connectivity index (χ4v) is 8.97. The molecule has 3 aliphatic heterocycles. The van der Waals surface area contributed by atoms with Crippen LogP contribution in [0.2, 0.25) is 0 Å². The molecule has 7 unspecified atom stereocenters. The molecule has 63 heavy (non-hydrogen) atoms. The number of aromatic nitrogens is 3. The summed E-state index contributed by atoms with van der Waals surface area (Å²) in [6.45, 7) is -0.0881. The molecular formula is C44H54N10O9. The van der Waals surface area contributed by atoms with Gasteiger partial charge in [-0.25, -0.2) is 9.78 Å². The Kier molecular flexibility index (Phi) is 14.2. The Balaban J connectivity index is 1.04. The number of aliphatic hydroxyl groups is 1. The summed E-state index contributed by atoms with van der Waals surface area (Å²) >= 11 is 0. The fourth-order valence-electron chi connectivity index (χ4n) is 8.97. The molecule has 0 aliphatic carbocycles. The lowest BCUT2D eigenvalue weighted by Gasteiger charge is -2.34. The number of H-pyrrole nitrogens is 2. The molecule has 3 fully saturated rings. The molecule has 6 amide bonds. The van der Waals surface area contributed by atoms with E-state index in [1.54, 1.807) is 36.5 Å². The smallest absolute Gasteiger partial charge is 0.326 e. The highest BCUT2D eigenvalue weighted by atomic mass is 16.4. The molecule has 2 aromatic heterocycles. The number of aliphatic carboxylic acids is 1. The zero-order valence-electron chi connectivity index (χ0n) is 34.8. The molecule has 19 nitrogen and oxygen atoms in total. The molecule has 9 N–H and O–H groups in total. The number of amides is 6. The second-order valence-corrected chi connectivity index (χ2v) is 16.4. The second kappa shape index (κ2) is 20.1. The molecule has 5 heterocycles. The Labute approximate surface area is 363 Å². The lowest BCUT2D eigenvalue weighted by atomic mass is 10.0. The minimum absolute atomic E-state index is 0.0120. The summed E-state index contributed by atoms with van der Waals surface area (Å²) in [4.78, 5) is 110. The van der Waals surface area contributed by atoms with Crippen LogP contribution in [0.5, 0.6) is 0 Å². The Morgan fingerprint density at radius 1 is 0.698 bits per heavy atom. The van der Waals surface area contributed by atoms with Gasteiger partial charge in [-0.15, -0.1) is 0 Å². The van der Waals surface area contributed by atoms with Gasteiger partial charge in [-0.2, -0.15) is 0 Å². The molecular weight excluding hydrogens is 813 g/mol. The first-order valence-corrected chi connectivity index (χ1v) is 21.4. The zero-order valence-corrected chi connectivity index (χ0v) is 34.8. The van der Waals surface area contributed by atoms with E-state index in [9.17, 15) is 43.8 Å². The Morgan fingerprint density at radius 2 is 1.29 bits per heavy atom. The number of benzene rings is 2. The van der Waals surface area contributed by atoms with E-state index in [0.717, 1.165) is 16.5 Å². The summed E-state index contributed by atoms with van der Waals surface area (Å²) in [5, 5.41) is 29.0. The van der Waals surface area contributed by atoms with Crippen LogP contribution in [0.3, 0.4) is 0 Å². The van der Waals surface area contributed by atoms with Crippen molar-refractivity contribution >= 4 is 52.3 Å². The number of carbonyl (C=O) groups is 7. The molecule has 2 aromatic carbocycles. The van der Waals surface area contributed by atoms with Gasteiger partial charge in [0.25, 0.3) is 0 Å². The standard InChI is InChI=1S/C44H54N10O9/c45-30(20-27-22-47-31-12-5-4-11-29(27)31)38(56)49-32(21-28-23-46-25-48-28)39(57)51-34(24-55)40(58)50-33(19-26-9-2-1-3-10-26)41(59)52-16-6-13-35(52)42(60)53-17-7-14-36(53)43(61)54-18-8-15-37(54)44(62)63/h1-5,9-12,22-23,25,30,32-37,47,55H,6-8,13-21,24,45H2,(H,46,48)(H,49,56)(H,50,58)(H,51,57)(H,62,63). The van der Waals surface area contributed by atoms with E-state index < -0.39 is 90.3 Å². The number of aromatic amines is 2. The largest absolute Gasteiger partial charge is 0.480 e. The number of likely N-dealkylation sites (tertiary alicyclic amines) is 3. The summed E-state index contributed by atoms with van der Waals surface area (Å²) in [7, 11) is 0. The number of nitrogens with one attached hydrogen (secondary N) is 5. The highest BCUT2D eigenvalue weighted by Gasteiger charge is 2.46. The maximum atomic E-state index is 14.5. The van der Waals surface area contributed by atoms with Gasteiger partial charge in [-0.3, -0.25) is 28.8 Å². The quantitative estimate of drug-likeness (QED) is 0.0686. The predicted molar refractivity (Wildman–Crippen MR) is 227 cm³/mol. The topological polar surface area (TPSA) is 276 Å². The number of carboxylic acids is 1. The number of para-hydroxylation sites is 1. The molecule has 7 atom stereocenters. The zero-order chi connectivity index (χ0) is 44.6. The van der Waals surface area contributed by atoms with E-state index in [1.165, 1.54) is 27.2 Å². The van der Waals surface area contributed by atoms with Gasteiger partial charge in [-0.1, -0.05) is 48.5 Å². The summed E-state index contributed by atoms with van der Waals surface area (Å²) < 4.78 is 0. The van der Waals surface area contributed by atoms with Crippen LogP contribution in [-0.4, -0.2) is 150 Å². The van der Waals surface area contributed by atoms with Crippen LogP contribution in [0.25, 0.3) is 10.9 Å². The maximum Gasteiger partial charge on any atom is 0.326 e. The van der Waals surface area contributed by atoms with Crippen molar-refractivity contribution in [3.8, 4) is 0 Å². The van der Waals surface area contributed by atoms with Gasteiger partial charge < -0.3 is 56.6 Å². The van der Waals surface area contributed by atoms with E-state index in [4.69, 9.17) is 5.73 Å². The van der Waals surface area contributed by atoms with Gasteiger partial charge in [0, 0.05) is 61.5 Å². The van der Waals surface area contributed by atoms with Gasteiger partial charge in [-0.05, 0) is 62.1 Å². The fraction of sp³-hybridized carbons (Fsp3) is 0.455. The lowest BCUT2D eigenvalue weighted by Crippen LogP contribution is -2.60. The van der Waals surface area contributed by atoms with E-state index in [2.05, 4.69) is 30.9 Å². The molecule has 19 heteroatoms. The number of fused-ring (bicyclic) bond motifs is 1. The van der Waals surface area contributed by atoms with Crippen LogP contribution in [-0.2, 0) is 52.8 Å². The molecule has 0 radical (unpaired) electrons. The number of carboxylic acid groups (broad SMARTS) is 1. The Morgan fingerprint density at radius 3 is 1.95 bits per heavy atom. The van der Waals surface area contributed by atoms with Crippen molar-refractivity contribution in [2.24, 2.45) is 5.73 Å². The van der Waals surface area contributed by atoms with Crippen molar-refractivity contribution in [1.29, 1.82) is 0 Å². The highest BCUT2D eigenvalue weighted by Crippen LogP contribution is 2.29. The first kappa shape index (κ1) is 44.5. The minimum atomic E-state index is -1.56. The van der Waals surface area contributed by atoms with E-state index in [0.29, 0.717) is 56.3 Å². The average Bonchev–Trinajstić information content (AvgIpc) is 4.15. The van der Waals surface area contributed by atoms with Crippen LogP contribution >= 0.6 is 0 Å². The number of nitrogens with two attached hydrogens (primary N) is 1. The number of carbonyl (C=O) groups excluding carboxylic acids is 6. The molecule has 7 rings (SSSR count). The summed E-state index contributed by atoms with van der Waals surface area (Å²) in [6.07, 6.45) is 7.39. The molecule has 334 valence electrons. The number of hydrogen-bond acceptors (Lipinski definition) is 10. The summed E-state index contributed by atoms with van der Waals surface area (Å²) in [5.41, 5.74) is 9.23.